The number of nitrogens with two attached hydrogens (primary N) is 1. The molecule has 0 aromatic heterocycles. The number of fused-ring (bicyclic) bond motifs is 1. The highest BCUT2D eigenvalue weighted by molar-refractivity contribution is 5.73. The number of nitrogen functional groups attached to an aromatic ring is 1. The van der Waals surface area contributed by atoms with E-state index >= 15 is 0 Å². The number of rotatable bonds is 2. The molecule has 1 saturated heterocycles. The minimum atomic E-state index is 0.580. The van der Waals surface area contributed by atoms with Gasteiger partial charge in [-0.15, -0.1) is 0 Å². The lowest BCUT2D eigenvalue weighted by Gasteiger charge is -2.41. The molecule has 1 atom stereocenters. The van der Waals surface area contributed by atoms with Gasteiger partial charge in [-0.1, -0.05) is 6.92 Å². The van der Waals surface area contributed by atoms with E-state index in [-0.39, 0.29) is 0 Å². The Bertz CT molecular complexity index is 492. The number of hydrogen-bond donors (Lipinski definition) is 1. The molecule has 1 aromatic carbocycles. The maximum Gasteiger partial charge on any atom is 0.163 e. The third-order valence-electron chi connectivity index (χ3n) is 4.28. The van der Waals surface area contributed by atoms with E-state index in [1.165, 1.54) is 0 Å². The third-order valence-corrected chi connectivity index (χ3v) is 4.28. The zero-order valence-corrected chi connectivity index (χ0v) is 12.3. The van der Waals surface area contributed by atoms with Gasteiger partial charge in [-0.2, -0.15) is 0 Å². The van der Waals surface area contributed by atoms with E-state index in [4.69, 9.17) is 15.2 Å². The summed E-state index contributed by atoms with van der Waals surface area (Å²) in [5.74, 6) is 1.58. The fourth-order valence-electron chi connectivity index (χ4n) is 2.97. The molecule has 0 aliphatic carbocycles. The van der Waals surface area contributed by atoms with E-state index in [1.807, 2.05) is 12.1 Å². The van der Waals surface area contributed by atoms with Crippen LogP contribution in [0, 0.1) is 0 Å². The largest absolute Gasteiger partial charge is 0.486 e. The molecule has 0 amide bonds. The van der Waals surface area contributed by atoms with Crippen molar-refractivity contribution in [1.29, 1.82) is 0 Å². The zero-order valence-electron chi connectivity index (χ0n) is 12.3. The molecule has 1 unspecified atom stereocenters. The molecule has 0 spiro atoms. The van der Waals surface area contributed by atoms with Crippen LogP contribution >= 0.6 is 0 Å². The van der Waals surface area contributed by atoms with Gasteiger partial charge in [0.25, 0.3) is 0 Å². The Hall–Kier alpha value is -1.62. The van der Waals surface area contributed by atoms with Crippen LogP contribution in [0.25, 0.3) is 0 Å². The van der Waals surface area contributed by atoms with E-state index < -0.39 is 0 Å². The van der Waals surface area contributed by atoms with Gasteiger partial charge >= 0.3 is 0 Å². The van der Waals surface area contributed by atoms with Crippen LogP contribution in [0.3, 0.4) is 0 Å². The van der Waals surface area contributed by atoms with Crippen molar-refractivity contribution in [2.75, 3.05) is 50.5 Å². The molecule has 2 N–H and O–H groups in total. The molecule has 110 valence electrons. The van der Waals surface area contributed by atoms with Gasteiger partial charge in [0, 0.05) is 37.8 Å². The van der Waals surface area contributed by atoms with Crippen molar-refractivity contribution in [1.82, 2.24) is 4.90 Å². The Morgan fingerprint density at radius 3 is 2.60 bits per heavy atom. The molecule has 20 heavy (non-hydrogen) atoms. The Balaban J connectivity index is 1.86. The molecule has 3 rings (SSSR count). The van der Waals surface area contributed by atoms with E-state index in [9.17, 15) is 0 Å². The van der Waals surface area contributed by atoms with Gasteiger partial charge in [-0.05, 0) is 13.5 Å². The standard InChI is InChI=1S/C15H23N3O2/c1-3-11-10-18(5-4-17(11)2)13-9-15-14(8-12(13)16)19-6-7-20-15/h8-9,11H,3-7,10,16H2,1-2H3. The first-order valence-electron chi connectivity index (χ1n) is 7.33. The lowest BCUT2D eigenvalue weighted by atomic mass is 10.1. The SMILES string of the molecule is CCC1CN(c2cc3c(cc2N)OCCO3)CCN1C. The van der Waals surface area contributed by atoms with Crippen molar-refractivity contribution >= 4 is 11.4 Å². The monoisotopic (exact) mass is 277 g/mol. The van der Waals surface area contributed by atoms with Gasteiger partial charge in [0.1, 0.15) is 13.2 Å². The van der Waals surface area contributed by atoms with E-state index in [0.717, 1.165) is 48.9 Å². The van der Waals surface area contributed by atoms with Crippen LogP contribution in [0.15, 0.2) is 12.1 Å². The summed E-state index contributed by atoms with van der Waals surface area (Å²) in [5, 5.41) is 0. The first-order chi connectivity index (χ1) is 9.69. The third kappa shape index (κ3) is 2.38. The second-order valence-electron chi connectivity index (χ2n) is 5.54. The average molecular weight is 277 g/mol. The summed E-state index contributed by atoms with van der Waals surface area (Å²) in [5.41, 5.74) is 8.05. The molecule has 2 heterocycles. The van der Waals surface area contributed by atoms with Crippen molar-refractivity contribution in [2.45, 2.75) is 19.4 Å². The van der Waals surface area contributed by atoms with Crippen LogP contribution < -0.4 is 20.1 Å². The quantitative estimate of drug-likeness (QED) is 0.832. The normalized spacial score (nSPS) is 22.9. The summed E-state index contributed by atoms with van der Waals surface area (Å²) in [6.45, 7) is 6.51. The van der Waals surface area contributed by atoms with Gasteiger partial charge < -0.3 is 20.1 Å². The van der Waals surface area contributed by atoms with Gasteiger partial charge in [-0.3, -0.25) is 4.90 Å². The lowest BCUT2D eigenvalue weighted by Crippen LogP contribution is -2.51. The van der Waals surface area contributed by atoms with Crippen LogP contribution in [-0.4, -0.2) is 50.8 Å². The van der Waals surface area contributed by atoms with Gasteiger partial charge in [0.2, 0.25) is 0 Å². The van der Waals surface area contributed by atoms with Crippen molar-refractivity contribution < 1.29 is 9.47 Å². The van der Waals surface area contributed by atoms with Crippen molar-refractivity contribution in [3.63, 3.8) is 0 Å². The second-order valence-corrected chi connectivity index (χ2v) is 5.54. The van der Waals surface area contributed by atoms with E-state index in [2.05, 4.69) is 23.8 Å². The molecule has 1 fully saturated rings. The molecular weight excluding hydrogens is 254 g/mol. The van der Waals surface area contributed by atoms with Crippen LogP contribution in [0.5, 0.6) is 11.5 Å². The molecule has 0 bridgehead atoms. The smallest absolute Gasteiger partial charge is 0.163 e. The molecular formula is C15H23N3O2. The summed E-state index contributed by atoms with van der Waals surface area (Å²) >= 11 is 0. The minimum Gasteiger partial charge on any atom is -0.486 e. The highest BCUT2D eigenvalue weighted by atomic mass is 16.6. The molecule has 0 radical (unpaired) electrons. The predicted octanol–water partition coefficient (Wildman–Crippen LogP) is 1.57. The second kappa shape index (κ2) is 5.40. The molecule has 2 aliphatic heterocycles. The Kier molecular flexibility index (Phi) is 3.61. The minimum absolute atomic E-state index is 0.580. The van der Waals surface area contributed by atoms with Crippen molar-refractivity contribution in [3.05, 3.63) is 12.1 Å². The molecule has 2 aliphatic rings. The Morgan fingerprint density at radius 2 is 1.90 bits per heavy atom. The summed E-state index contributed by atoms with van der Waals surface area (Å²) in [6, 6.07) is 4.50. The first kappa shape index (κ1) is 13.4. The summed E-state index contributed by atoms with van der Waals surface area (Å²) < 4.78 is 11.2. The van der Waals surface area contributed by atoms with Crippen molar-refractivity contribution in [3.8, 4) is 11.5 Å². The Morgan fingerprint density at radius 1 is 1.20 bits per heavy atom. The fourth-order valence-corrected chi connectivity index (χ4v) is 2.97. The molecule has 1 aromatic rings. The zero-order chi connectivity index (χ0) is 14.1. The van der Waals surface area contributed by atoms with E-state index in [0.29, 0.717) is 19.3 Å². The predicted molar refractivity (Wildman–Crippen MR) is 80.8 cm³/mol. The van der Waals surface area contributed by atoms with E-state index in [1.54, 1.807) is 0 Å². The summed E-state index contributed by atoms with van der Waals surface area (Å²) in [6.07, 6.45) is 1.15. The Labute approximate surface area is 120 Å². The van der Waals surface area contributed by atoms with Crippen LogP contribution in [0.2, 0.25) is 0 Å². The molecule has 5 nitrogen and oxygen atoms in total. The van der Waals surface area contributed by atoms with Crippen LogP contribution in [-0.2, 0) is 0 Å². The van der Waals surface area contributed by atoms with Gasteiger partial charge in [0.05, 0.1) is 11.4 Å². The summed E-state index contributed by atoms with van der Waals surface area (Å²) in [7, 11) is 2.19. The molecule has 5 heteroatoms. The summed E-state index contributed by atoms with van der Waals surface area (Å²) in [4.78, 5) is 4.78. The number of nitrogens with zero attached hydrogens (tertiary/aromatic N) is 2. The maximum absolute atomic E-state index is 6.21. The number of likely N-dealkylation sites (N-methyl/N-ethyl adjacent to an activating group) is 1. The number of benzene rings is 1. The first-order valence-corrected chi connectivity index (χ1v) is 7.33. The molecule has 0 saturated carbocycles. The highest BCUT2D eigenvalue weighted by Crippen LogP contribution is 2.39. The number of anilines is 2. The number of hydrogen-bond acceptors (Lipinski definition) is 5. The van der Waals surface area contributed by atoms with Crippen molar-refractivity contribution in [2.24, 2.45) is 0 Å². The fraction of sp³-hybridized carbons (Fsp3) is 0.600. The average Bonchev–Trinajstić information content (AvgIpc) is 2.47. The number of piperazine rings is 1. The lowest BCUT2D eigenvalue weighted by molar-refractivity contribution is 0.171. The van der Waals surface area contributed by atoms with Gasteiger partial charge in [-0.25, -0.2) is 0 Å². The topological polar surface area (TPSA) is 51.0 Å². The maximum atomic E-state index is 6.21. The van der Waals surface area contributed by atoms with Crippen LogP contribution in [0.4, 0.5) is 11.4 Å². The van der Waals surface area contributed by atoms with Crippen LogP contribution in [0.1, 0.15) is 13.3 Å². The highest BCUT2D eigenvalue weighted by Gasteiger charge is 2.25. The van der Waals surface area contributed by atoms with Gasteiger partial charge in [0.15, 0.2) is 11.5 Å². The number of ether oxygens (including phenoxy) is 2.